The highest BCUT2D eigenvalue weighted by Crippen LogP contribution is 2.15. The Balaban J connectivity index is 1.32. The molecule has 1 aliphatic rings. The summed E-state index contributed by atoms with van der Waals surface area (Å²) in [7, 11) is 0. The second kappa shape index (κ2) is 10.6. The molecule has 0 radical (unpaired) electrons. The highest BCUT2D eigenvalue weighted by molar-refractivity contribution is 5.79. The number of nitrogens with one attached hydrogen (secondary N) is 1. The van der Waals surface area contributed by atoms with Crippen LogP contribution in [0, 0.1) is 12.7 Å². The van der Waals surface area contributed by atoms with Crippen LogP contribution in [-0.4, -0.2) is 61.1 Å². The predicted molar refractivity (Wildman–Crippen MR) is 113 cm³/mol. The third-order valence-corrected chi connectivity index (χ3v) is 5.09. The molecule has 6 nitrogen and oxygen atoms in total. The Bertz CT molecular complexity index is 849. The summed E-state index contributed by atoms with van der Waals surface area (Å²) in [5.74, 6) is -0.0872. The Labute approximate surface area is 176 Å². The first-order valence-electron chi connectivity index (χ1n) is 10.3. The number of aryl methyl sites for hydroxylation is 1. The van der Waals surface area contributed by atoms with Gasteiger partial charge >= 0.3 is 6.03 Å². The summed E-state index contributed by atoms with van der Waals surface area (Å²) in [6.45, 7) is 4.88. The number of carbonyl (C=O) groups is 2. The second-order valence-corrected chi connectivity index (χ2v) is 7.39. The average molecular weight is 413 g/mol. The van der Waals surface area contributed by atoms with Crippen molar-refractivity contribution < 1.29 is 18.7 Å². The zero-order valence-corrected chi connectivity index (χ0v) is 17.3. The SMILES string of the molecule is Cc1ccc(CC(=O)N2CCN(C(=O)NCCCOc3ccccc3F)CC2)cc1. The van der Waals surface area contributed by atoms with Gasteiger partial charge in [-0.2, -0.15) is 0 Å². The van der Waals surface area contributed by atoms with E-state index in [0.717, 1.165) is 5.56 Å². The van der Waals surface area contributed by atoms with Crippen molar-refractivity contribution in [2.45, 2.75) is 19.8 Å². The third kappa shape index (κ3) is 6.20. The molecule has 0 aromatic heterocycles. The number of rotatable bonds is 7. The number of amides is 3. The van der Waals surface area contributed by atoms with E-state index in [4.69, 9.17) is 4.74 Å². The summed E-state index contributed by atoms with van der Waals surface area (Å²) in [5, 5.41) is 2.85. The number of ether oxygens (including phenoxy) is 1. The summed E-state index contributed by atoms with van der Waals surface area (Å²) in [5.41, 5.74) is 2.17. The molecule has 0 aliphatic carbocycles. The van der Waals surface area contributed by atoms with Crippen LogP contribution in [0.5, 0.6) is 5.75 Å². The first-order chi connectivity index (χ1) is 14.5. The van der Waals surface area contributed by atoms with Gasteiger partial charge in [-0.25, -0.2) is 9.18 Å². The topological polar surface area (TPSA) is 61.9 Å². The molecule has 0 spiro atoms. The van der Waals surface area contributed by atoms with E-state index in [9.17, 15) is 14.0 Å². The molecule has 0 unspecified atom stereocenters. The first kappa shape index (κ1) is 21.6. The minimum Gasteiger partial charge on any atom is -0.490 e. The van der Waals surface area contributed by atoms with E-state index in [0.29, 0.717) is 52.2 Å². The fraction of sp³-hybridized carbons (Fsp3) is 0.391. The maximum atomic E-state index is 13.5. The van der Waals surface area contributed by atoms with Gasteiger partial charge in [-0.3, -0.25) is 4.79 Å². The van der Waals surface area contributed by atoms with Crippen molar-refractivity contribution in [2.24, 2.45) is 0 Å². The Kier molecular flexibility index (Phi) is 7.65. The molecule has 3 rings (SSSR count). The van der Waals surface area contributed by atoms with Crippen LogP contribution in [0.1, 0.15) is 17.5 Å². The van der Waals surface area contributed by atoms with Crippen molar-refractivity contribution in [3.05, 3.63) is 65.5 Å². The van der Waals surface area contributed by atoms with Crippen LogP contribution in [0.25, 0.3) is 0 Å². The Morgan fingerprint density at radius 2 is 1.67 bits per heavy atom. The van der Waals surface area contributed by atoms with E-state index < -0.39 is 5.82 Å². The fourth-order valence-corrected chi connectivity index (χ4v) is 3.27. The number of para-hydroxylation sites is 1. The van der Waals surface area contributed by atoms with Gasteiger partial charge in [-0.1, -0.05) is 42.0 Å². The van der Waals surface area contributed by atoms with Gasteiger partial charge in [0, 0.05) is 32.7 Å². The maximum Gasteiger partial charge on any atom is 0.317 e. The first-order valence-corrected chi connectivity index (χ1v) is 10.3. The van der Waals surface area contributed by atoms with Crippen molar-refractivity contribution in [1.82, 2.24) is 15.1 Å². The summed E-state index contributed by atoms with van der Waals surface area (Å²) >= 11 is 0. The number of carbonyl (C=O) groups excluding carboxylic acids is 2. The van der Waals surface area contributed by atoms with Gasteiger partial charge in [-0.15, -0.1) is 0 Å². The number of piperazine rings is 1. The molecule has 0 saturated carbocycles. The van der Waals surface area contributed by atoms with E-state index in [-0.39, 0.29) is 17.7 Å². The highest BCUT2D eigenvalue weighted by Gasteiger charge is 2.23. The molecule has 3 amide bonds. The monoisotopic (exact) mass is 413 g/mol. The normalized spacial score (nSPS) is 13.8. The van der Waals surface area contributed by atoms with Crippen molar-refractivity contribution in [3.63, 3.8) is 0 Å². The molecule has 2 aromatic rings. The number of nitrogens with zero attached hydrogens (tertiary/aromatic N) is 2. The van der Waals surface area contributed by atoms with Gasteiger partial charge in [0.2, 0.25) is 5.91 Å². The van der Waals surface area contributed by atoms with Gasteiger partial charge in [0.15, 0.2) is 11.6 Å². The van der Waals surface area contributed by atoms with Crippen molar-refractivity contribution in [2.75, 3.05) is 39.3 Å². The van der Waals surface area contributed by atoms with Crippen molar-refractivity contribution in [3.8, 4) is 5.75 Å². The minimum atomic E-state index is -0.392. The molecule has 0 atom stereocenters. The van der Waals surface area contributed by atoms with E-state index >= 15 is 0 Å². The Hall–Kier alpha value is -3.09. The molecule has 1 fully saturated rings. The van der Waals surface area contributed by atoms with Gasteiger partial charge in [0.1, 0.15) is 0 Å². The molecule has 1 N–H and O–H groups in total. The highest BCUT2D eigenvalue weighted by atomic mass is 19.1. The van der Waals surface area contributed by atoms with Gasteiger partial charge < -0.3 is 19.9 Å². The molecule has 1 heterocycles. The van der Waals surface area contributed by atoms with Crippen LogP contribution in [0.2, 0.25) is 0 Å². The lowest BCUT2D eigenvalue weighted by atomic mass is 10.1. The largest absolute Gasteiger partial charge is 0.490 e. The summed E-state index contributed by atoms with van der Waals surface area (Å²) in [6.07, 6.45) is 0.962. The third-order valence-electron chi connectivity index (χ3n) is 5.09. The number of halogens is 1. The average Bonchev–Trinajstić information content (AvgIpc) is 2.76. The number of hydrogen-bond donors (Lipinski definition) is 1. The molecule has 0 bridgehead atoms. The Morgan fingerprint density at radius 1 is 1.00 bits per heavy atom. The standard InChI is InChI=1S/C23H28FN3O3/c1-18-7-9-19(10-8-18)17-22(28)26-12-14-27(15-13-26)23(29)25-11-4-16-30-21-6-3-2-5-20(21)24/h2-3,5-10H,4,11-17H2,1H3,(H,25,29). The van der Waals surface area contributed by atoms with E-state index in [1.165, 1.54) is 11.6 Å². The van der Waals surface area contributed by atoms with Crippen LogP contribution < -0.4 is 10.1 Å². The lowest BCUT2D eigenvalue weighted by Crippen LogP contribution is -2.53. The van der Waals surface area contributed by atoms with Crippen LogP contribution in [0.3, 0.4) is 0 Å². The van der Waals surface area contributed by atoms with Crippen molar-refractivity contribution in [1.29, 1.82) is 0 Å². The maximum absolute atomic E-state index is 13.5. The van der Waals surface area contributed by atoms with Crippen LogP contribution >= 0.6 is 0 Å². The molecule has 7 heteroatoms. The second-order valence-electron chi connectivity index (χ2n) is 7.39. The number of urea groups is 1. The van der Waals surface area contributed by atoms with Gasteiger partial charge in [0.25, 0.3) is 0 Å². The molecule has 1 saturated heterocycles. The molecule has 30 heavy (non-hydrogen) atoms. The van der Waals surface area contributed by atoms with E-state index in [2.05, 4.69) is 5.32 Å². The molecule has 160 valence electrons. The smallest absolute Gasteiger partial charge is 0.317 e. The lowest BCUT2D eigenvalue weighted by Gasteiger charge is -2.34. The summed E-state index contributed by atoms with van der Waals surface area (Å²) in [6, 6.07) is 14.1. The fourth-order valence-electron chi connectivity index (χ4n) is 3.27. The van der Waals surface area contributed by atoms with E-state index in [1.54, 1.807) is 23.1 Å². The number of benzene rings is 2. The minimum absolute atomic E-state index is 0.0872. The van der Waals surface area contributed by atoms with Crippen LogP contribution in [-0.2, 0) is 11.2 Å². The lowest BCUT2D eigenvalue weighted by molar-refractivity contribution is -0.131. The van der Waals surface area contributed by atoms with Gasteiger partial charge in [-0.05, 0) is 31.0 Å². The quantitative estimate of drug-likeness (QED) is 0.710. The van der Waals surface area contributed by atoms with Crippen LogP contribution in [0.4, 0.5) is 9.18 Å². The zero-order chi connectivity index (χ0) is 21.3. The summed E-state index contributed by atoms with van der Waals surface area (Å²) < 4.78 is 18.8. The van der Waals surface area contributed by atoms with Crippen molar-refractivity contribution >= 4 is 11.9 Å². The van der Waals surface area contributed by atoms with Gasteiger partial charge in [0.05, 0.1) is 13.0 Å². The predicted octanol–water partition coefficient (Wildman–Crippen LogP) is 3.00. The van der Waals surface area contributed by atoms with E-state index in [1.807, 2.05) is 36.1 Å². The molecular formula is C23H28FN3O3. The Morgan fingerprint density at radius 3 is 2.37 bits per heavy atom. The van der Waals surface area contributed by atoms with Crippen LogP contribution in [0.15, 0.2) is 48.5 Å². The number of hydrogen-bond acceptors (Lipinski definition) is 3. The molecule has 2 aromatic carbocycles. The molecule has 1 aliphatic heterocycles. The zero-order valence-electron chi connectivity index (χ0n) is 17.3. The summed E-state index contributed by atoms with van der Waals surface area (Å²) in [4.78, 5) is 28.3. The molecular weight excluding hydrogens is 385 g/mol.